The van der Waals surface area contributed by atoms with Crippen molar-refractivity contribution in [2.24, 2.45) is 11.8 Å². The fourth-order valence-corrected chi connectivity index (χ4v) is 5.01. The Morgan fingerprint density at radius 1 is 1.00 bits per heavy atom. The van der Waals surface area contributed by atoms with Gasteiger partial charge < -0.3 is 0 Å². The maximum absolute atomic E-state index is 12.8. The van der Waals surface area contributed by atoms with Gasteiger partial charge in [0.15, 0.2) is 0 Å². The van der Waals surface area contributed by atoms with Crippen LogP contribution in [-0.4, -0.2) is 25.8 Å². The molecule has 1 aliphatic carbocycles. The Hall–Kier alpha value is -1.39. The summed E-state index contributed by atoms with van der Waals surface area (Å²) < 4.78 is 27.3. The van der Waals surface area contributed by atoms with E-state index in [9.17, 15) is 8.42 Å². The fraction of sp³-hybridized carbons (Fsp3) is 0.474. The monoisotopic (exact) mass is 331 g/mol. The standard InChI is InChI=1S/C19H25NO2S/c1-15-8-9-19(14-16(15)2)23(21,22)20-12-10-18(11-13-20)17-6-4-3-5-7-17/h4-9,14,17-18H,3,10-13H2,1-2H3. The highest BCUT2D eigenvalue weighted by molar-refractivity contribution is 7.89. The van der Waals surface area contributed by atoms with Crippen LogP contribution in [0.25, 0.3) is 0 Å². The van der Waals surface area contributed by atoms with Gasteiger partial charge in [-0.1, -0.05) is 30.4 Å². The average Bonchev–Trinajstić information content (AvgIpc) is 2.58. The van der Waals surface area contributed by atoms with E-state index in [1.165, 1.54) is 0 Å². The first-order chi connectivity index (χ1) is 11.0. The topological polar surface area (TPSA) is 37.4 Å². The quantitative estimate of drug-likeness (QED) is 0.789. The van der Waals surface area contributed by atoms with Crippen LogP contribution in [0.3, 0.4) is 0 Å². The van der Waals surface area contributed by atoms with Crippen molar-refractivity contribution in [3.8, 4) is 0 Å². The fourth-order valence-electron chi connectivity index (χ4n) is 3.45. The van der Waals surface area contributed by atoms with Crippen LogP contribution < -0.4 is 0 Å². The van der Waals surface area contributed by atoms with Crippen molar-refractivity contribution in [3.63, 3.8) is 0 Å². The molecule has 0 saturated carbocycles. The molecule has 1 fully saturated rings. The predicted octanol–water partition coefficient (Wildman–Crippen LogP) is 3.84. The van der Waals surface area contributed by atoms with Crippen molar-refractivity contribution in [2.45, 2.75) is 38.0 Å². The average molecular weight is 331 g/mol. The molecule has 0 radical (unpaired) electrons. The molecule has 0 unspecified atom stereocenters. The van der Waals surface area contributed by atoms with E-state index < -0.39 is 10.0 Å². The Morgan fingerprint density at radius 2 is 1.65 bits per heavy atom. The van der Waals surface area contributed by atoms with Gasteiger partial charge in [0.25, 0.3) is 0 Å². The number of aryl methyl sites for hydroxylation is 2. The Morgan fingerprint density at radius 3 is 2.26 bits per heavy atom. The number of sulfonamides is 1. The van der Waals surface area contributed by atoms with Crippen molar-refractivity contribution in [1.29, 1.82) is 0 Å². The maximum Gasteiger partial charge on any atom is 0.243 e. The molecule has 0 bridgehead atoms. The summed E-state index contributed by atoms with van der Waals surface area (Å²) in [6.07, 6.45) is 11.9. The molecule has 4 heteroatoms. The molecule has 3 nitrogen and oxygen atoms in total. The van der Waals surface area contributed by atoms with E-state index >= 15 is 0 Å². The zero-order chi connectivity index (χ0) is 16.4. The smallest absolute Gasteiger partial charge is 0.207 e. The second kappa shape index (κ2) is 6.62. The summed E-state index contributed by atoms with van der Waals surface area (Å²) in [6, 6.07) is 5.42. The first kappa shape index (κ1) is 16.5. The third-order valence-electron chi connectivity index (χ3n) is 5.15. The van der Waals surface area contributed by atoms with E-state index in [0.29, 0.717) is 29.8 Å². The van der Waals surface area contributed by atoms with Gasteiger partial charge in [0.2, 0.25) is 10.0 Å². The van der Waals surface area contributed by atoms with Gasteiger partial charge in [-0.3, -0.25) is 0 Å². The lowest BCUT2D eigenvalue weighted by Crippen LogP contribution is -2.39. The van der Waals surface area contributed by atoms with Crippen LogP contribution in [0.5, 0.6) is 0 Å². The molecular weight excluding hydrogens is 306 g/mol. The van der Waals surface area contributed by atoms with E-state index in [4.69, 9.17) is 0 Å². The second-order valence-electron chi connectivity index (χ2n) is 6.66. The summed E-state index contributed by atoms with van der Waals surface area (Å²) in [7, 11) is -3.36. The molecule has 23 heavy (non-hydrogen) atoms. The molecule has 0 amide bonds. The van der Waals surface area contributed by atoms with Crippen molar-refractivity contribution in [3.05, 3.63) is 53.6 Å². The highest BCUT2D eigenvalue weighted by Crippen LogP contribution is 2.31. The first-order valence-electron chi connectivity index (χ1n) is 8.39. The molecule has 1 aliphatic heterocycles. The van der Waals surface area contributed by atoms with Gasteiger partial charge >= 0.3 is 0 Å². The SMILES string of the molecule is Cc1ccc(S(=O)(=O)N2CCC(C3C=CCC=C3)CC2)cc1C. The highest BCUT2D eigenvalue weighted by Gasteiger charge is 2.31. The summed E-state index contributed by atoms with van der Waals surface area (Å²) in [5, 5.41) is 0. The van der Waals surface area contributed by atoms with Gasteiger partial charge in [-0.05, 0) is 68.2 Å². The molecule has 0 atom stereocenters. The molecule has 2 aliphatic rings. The van der Waals surface area contributed by atoms with Crippen LogP contribution in [-0.2, 0) is 10.0 Å². The molecule has 1 aromatic rings. The number of hydrogen-bond acceptors (Lipinski definition) is 2. The third kappa shape index (κ3) is 3.43. The van der Waals surface area contributed by atoms with Crippen molar-refractivity contribution < 1.29 is 8.42 Å². The molecule has 1 aromatic carbocycles. The Labute approximate surface area is 139 Å². The predicted molar refractivity (Wildman–Crippen MR) is 93.8 cm³/mol. The van der Waals surface area contributed by atoms with E-state index in [2.05, 4.69) is 24.3 Å². The summed E-state index contributed by atoms with van der Waals surface area (Å²) in [6.45, 7) is 5.21. The van der Waals surface area contributed by atoms with Gasteiger partial charge in [0, 0.05) is 13.1 Å². The van der Waals surface area contributed by atoms with E-state index in [1.807, 2.05) is 19.9 Å². The first-order valence-corrected chi connectivity index (χ1v) is 9.83. The van der Waals surface area contributed by atoms with Crippen molar-refractivity contribution in [2.75, 3.05) is 13.1 Å². The molecular formula is C19H25NO2S. The Bertz CT molecular complexity index is 714. The number of rotatable bonds is 3. The van der Waals surface area contributed by atoms with Crippen LogP contribution in [0.15, 0.2) is 47.4 Å². The van der Waals surface area contributed by atoms with Crippen LogP contribution in [0, 0.1) is 25.7 Å². The summed E-state index contributed by atoms with van der Waals surface area (Å²) in [5.41, 5.74) is 2.15. The van der Waals surface area contributed by atoms with Crippen molar-refractivity contribution in [1.82, 2.24) is 4.31 Å². The molecule has 0 spiro atoms. The zero-order valence-electron chi connectivity index (χ0n) is 13.9. The molecule has 0 aromatic heterocycles. The number of allylic oxidation sites excluding steroid dienone is 4. The molecule has 0 N–H and O–H groups in total. The lowest BCUT2D eigenvalue weighted by atomic mass is 9.83. The zero-order valence-corrected chi connectivity index (χ0v) is 14.7. The lowest BCUT2D eigenvalue weighted by Gasteiger charge is -2.34. The number of piperidine rings is 1. The maximum atomic E-state index is 12.8. The molecule has 1 saturated heterocycles. The van der Waals surface area contributed by atoms with Gasteiger partial charge in [-0.2, -0.15) is 4.31 Å². The molecule has 3 rings (SSSR count). The Balaban J connectivity index is 1.70. The number of benzene rings is 1. The lowest BCUT2D eigenvalue weighted by molar-refractivity contribution is 0.250. The number of nitrogens with zero attached hydrogens (tertiary/aromatic N) is 1. The van der Waals surface area contributed by atoms with Gasteiger partial charge in [0.1, 0.15) is 0 Å². The molecule has 124 valence electrons. The Kier molecular flexibility index (Phi) is 4.74. The summed E-state index contributed by atoms with van der Waals surface area (Å²) >= 11 is 0. The minimum Gasteiger partial charge on any atom is -0.207 e. The highest BCUT2D eigenvalue weighted by atomic mass is 32.2. The van der Waals surface area contributed by atoms with Crippen molar-refractivity contribution >= 4 is 10.0 Å². The normalized spacial score (nSPS) is 21.0. The largest absolute Gasteiger partial charge is 0.243 e. The van der Waals surface area contributed by atoms with Gasteiger partial charge in [-0.25, -0.2) is 8.42 Å². The minimum absolute atomic E-state index is 0.427. The van der Waals surface area contributed by atoms with Crippen LogP contribution in [0.4, 0.5) is 0 Å². The molecule has 1 heterocycles. The van der Waals surface area contributed by atoms with Crippen LogP contribution in [0.2, 0.25) is 0 Å². The number of hydrogen-bond donors (Lipinski definition) is 0. The van der Waals surface area contributed by atoms with E-state index in [1.54, 1.807) is 16.4 Å². The van der Waals surface area contributed by atoms with Crippen LogP contribution >= 0.6 is 0 Å². The van der Waals surface area contributed by atoms with E-state index in [-0.39, 0.29) is 0 Å². The summed E-state index contributed by atoms with van der Waals surface area (Å²) in [5.74, 6) is 1.05. The minimum atomic E-state index is -3.36. The van der Waals surface area contributed by atoms with Gasteiger partial charge in [0.05, 0.1) is 4.90 Å². The van der Waals surface area contributed by atoms with Gasteiger partial charge in [-0.15, -0.1) is 0 Å². The summed E-state index contributed by atoms with van der Waals surface area (Å²) in [4.78, 5) is 0.427. The van der Waals surface area contributed by atoms with Crippen LogP contribution in [0.1, 0.15) is 30.4 Å². The third-order valence-corrected chi connectivity index (χ3v) is 7.04. The van der Waals surface area contributed by atoms with E-state index in [0.717, 1.165) is 30.4 Å². The second-order valence-corrected chi connectivity index (χ2v) is 8.59.